The fourth-order valence-corrected chi connectivity index (χ4v) is 3.07. The lowest BCUT2D eigenvalue weighted by Crippen LogP contribution is -2.48. The SMILES string of the molecule is CCC(C)(C)NC(=O)COC(=O)[C@@H](NC(=O)Cc1cccc2ccccc12)C(C)C. The van der Waals surface area contributed by atoms with Gasteiger partial charge in [-0.3, -0.25) is 9.59 Å². The number of carbonyl (C=O) groups is 3. The summed E-state index contributed by atoms with van der Waals surface area (Å²) < 4.78 is 5.17. The van der Waals surface area contributed by atoms with E-state index in [1.807, 2.05) is 77.1 Å². The number of amides is 2. The van der Waals surface area contributed by atoms with Crippen LogP contribution in [-0.2, 0) is 25.5 Å². The Bertz CT molecular complexity index is 900. The maximum absolute atomic E-state index is 12.6. The van der Waals surface area contributed by atoms with Gasteiger partial charge in [-0.1, -0.05) is 63.2 Å². The normalized spacial score (nSPS) is 12.5. The van der Waals surface area contributed by atoms with Gasteiger partial charge in [-0.2, -0.15) is 0 Å². The van der Waals surface area contributed by atoms with Gasteiger partial charge in [0, 0.05) is 5.54 Å². The van der Waals surface area contributed by atoms with Gasteiger partial charge in [0.15, 0.2) is 6.61 Å². The second-order valence-corrected chi connectivity index (χ2v) is 8.50. The Morgan fingerprint density at radius 1 is 1.00 bits per heavy atom. The number of fused-ring (bicyclic) bond motifs is 1. The second-order valence-electron chi connectivity index (χ2n) is 8.50. The van der Waals surface area contributed by atoms with E-state index in [4.69, 9.17) is 4.74 Å². The van der Waals surface area contributed by atoms with Crippen molar-refractivity contribution in [2.24, 2.45) is 5.92 Å². The van der Waals surface area contributed by atoms with E-state index in [1.165, 1.54) is 0 Å². The van der Waals surface area contributed by atoms with Gasteiger partial charge < -0.3 is 15.4 Å². The van der Waals surface area contributed by atoms with E-state index >= 15 is 0 Å². The van der Waals surface area contributed by atoms with Gasteiger partial charge in [0.05, 0.1) is 6.42 Å². The highest BCUT2D eigenvalue weighted by Crippen LogP contribution is 2.19. The zero-order chi connectivity index (χ0) is 22.3. The van der Waals surface area contributed by atoms with Crippen LogP contribution in [0, 0.1) is 5.92 Å². The second kappa shape index (κ2) is 10.2. The Hall–Kier alpha value is -2.89. The highest BCUT2D eigenvalue weighted by Gasteiger charge is 2.27. The lowest BCUT2D eigenvalue weighted by Gasteiger charge is -2.25. The first kappa shape index (κ1) is 23.4. The van der Waals surface area contributed by atoms with Crippen molar-refractivity contribution in [3.8, 4) is 0 Å². The molecule has 6 nitrogen and oxygen atoms in total. The van der Waals surface area contributed by atoms with Crippen LogP contribution in [0.2, 0.25) is 0 Å². The molecule has 0 unspecified atom stereocenters. The standard InChI is InChI=1S/C24H32N2O4/c1-6-24(4,5)26-21(28)15-30-23(29)22(16(2)3)25-20(27)14-18-12-9-11-17-10-7-8-13-19(17)18/h7-13,16,22H,6,14-15H2,1-5H3,(H,25,27)(H,26,28)/t22-/m0/s1. The van der Waals surface area contributed by atoms with Gasteiger partial charge in [-0.05, 0) is 42.5 Å². The first-order chi connectivity index (χ1) is 14.1. The zero-order valence-electron chi connectivity index (χ0n) is 18.5. The summed E-state index contributed by atoms with van der Waals surface area (Å²) in [5.74, 6) is -1.41. The van der Waals surface area contributed by atoms with Gasteiger partial charge in [-0.25, -0.2) is 4.79 Å². The van der Waals surface area contributed by atoms with Crippen LogP contribution in [0.3, 0.4) is 0 Å². The molecule has 0 saturated heterocycles. The summed E-state index contributed by atoms with van der Waals surface area (Å²) in [7, 11) is 0. The minimum atomic E-state index is -0.820. The highest BCUT2D eigenvalue weighted by molar-refractivity contribution is 5.92. The molecule has 0 aliphatic carbocycles. The van der Waals surface area contributed by atoms with Gasteiger partial charge in [0.2, 0.25) is 5.91 Å². The molecule has 1 atom stereocenters. The molecule has 2 N–H and O–H groups in total. The lowest BCUT2D eigenvalue weighted by atomic mass is 10.0. The Morgan fingerprint density at radius 2 is 1.67 bits per heavy atom. The Labute approximate surface area is 178 Å². The van der Waals surface area contributed by atoms with Crippen LogP contribution >= 0.6 is 0 Å². The molecule has 30 heavy (non-hydrogen) atoms. The van der Waals surface area contributed by atoms with Crippen LogP contribution in [-0.4, -0.2) is 36.0 Å². The maximum atomic E-state index is 12.6. The average Bonchev–Trinajstić information content (AvgIpc) is 2.70. The van der Waals surface area contributed by atoms with E-state index in [-0.39, 0.29) is 36.3 Å². The van der Waals surface area contributed by atoms with E-state index in [0.717, 1.165) is 22.8 Å². The molecule has 0 aromatic heterocycles. The minimum Gasteiger partial charge on any atom is -0.454 e. The van der Waals surface area contributed by atoms with Crippen molar-refractivity contribution in [2.75, 3.05) is 6.61 Å². The largest absolute Gasteiger partial charge is 0.454 e. The van der Waals surface area contributed by atoms with E-state index in [1.54, 1.807) is 0 Å². The molecule has 0 spiro atoms. The molecule has 0 saturated carbocycles. The van der Waals surface area contributed by atoms with Crippen molar-refractivity contribution in [2.45, 2.75) is 59.0 Å². The smallest absolute Gasteiger partial charge is 0.329 e. The van der Waals surface area contributed by atoms with Crippen molar-refractivity contribution in [1.29, 1.82) is 0 Å². The van der Waals surface area contributed by atoms with Crippen LogP contribution < -0.4 is 10.6 Å². The lowest BCUT2D eigenvalue weighted by molar-refractivity contribution is -0.153. The number of esters is 1. The van der Waals surface area contributed by atoms with Gasteiger partial charge in [0.1, 0.15) is 6.04 Å². The summed E-state index contributed by atoms with van der Waals surface area (Å²) in [6.45, 7) is 9.04. The summed E-state index contributed by atoms with van der Waals surface area (Å²) in [6, 6.07) is 12.9. The number of rotatable bonds is 9. The molecule has 162 valence electrons. The quantitative estimate of drug-likeness (QED) is 0.619. The molecule has 2 aromatic carbocycles. The number of ether oxygens (including phenoxy) is 1. The van der Waals surface area contributed by atoms with Gasteiger partial charge in [0.25, 0.3) is 5.91 Å². The molecule has 0 aliphatic heterocycles. The van der Waals surface area contributed by atoms with E-state index in [9.17, 15) is 14.4 Å². The number of carbonyl (C=O) groups excluding carboxylic acids is 3. The fraction of sp³-hybridized carbons (Fsp3) is 0.458. The maximum Gasteiger partial charge on any atom is 0.329 e. The van der Waals surface area contributed by atoms with Crippen molar-refractivity contribution >= 4 is 28.6 Å². The van der Waals surface area contributed by atoms with Crippen molar-refractivity contribution in [3.05, 3.63) is 48.0 Å². The molecule has 2 aromatic rings. The molecule has 0 radical (unpaired) electrons. The number of hydrogen-bond acceptors (Lipinski definition) is 4. The monoisotopic (exact) mass is 412 g/mol. The van der Waals surface area contributed by atoms with Crippen LogP contribution in [0.4, 0.5) is 0 Å². The minimum absolute atomic E-state index is 0.156. The molecule has 0 heterocycles. The zero-order valence-corrected chi connectivity index (χ0v) is 18.5. The number of nitrogens with one attached hydrogen (secondary N) is 2. The molecular weight excluding hydrogens is 380 g/mol. The molecule has 0 bridgehead atoms. The van der Waals surface area contributed by atoms with Crippen molar-refractivity contribution < 1.29 is 19.1 Å². The third kappa shape index (κ3) is 6.58. The average molecular weight is 413 g/mol. The first-order valence-electron chi connectivity index (χ1n) is 10.4. The van der Waals surface area contributed by atoms with Crippen molar-refractivity contribution in [3.63, 3.8) is 0 Å². The Balaban J connectivity index is 1.98. The highest BCUT2D eigenvalue weighted by atomic mass is 16.5. The van der Waals surface area contributed by atoms with Gasteiger partial charge in [-0.15, -0.1) is 0 Å². The van der Waals surface area contributed by atoms with Gasteiger partial charge >= 0.3 is 5.97 Å². The molecule has 6 heteroatoms. The molecule has 2 rings (SSSR count). The number of benzene rings is 2. The van der Waals surface area contributed by atoms with E-state index in [0.29, 0.717) is 0 Å². The van der Waals surface area contributed by atoms with Crippen LogP contribution in [0.15, 0.2) is 42.5 Å². The Morgan fingerprint density at radius 3 is 2.33 bits per heavy atom. The molecule has 0 fully saturated rings. The third-order valence-electron chi connectivity index (χ3n) is 5.18. The summed E-state index contributed by atoms with van der Waals surface area (Å²) >= 11 is 0. The molecule has 2 amide bonds. The third-order valence-corrected chi connectivity index (χ3v) is 5.18. The number of hydrogen-bond donors (Lipinski definition) is 2. The fourth-order valence-electron chi connectivity index (χ4n) is 3.07. The predicted octanol–water partition coefficient (Wildman–Crippen LogP) is 3.37. The summed E-state index contributed by atoms with van der Waals surface area (Å²) in [5.41, 5.74) is 0.524. The summed E-state index contributed by atoms with van der Waals surface area (Å²) in [6.07, 6.45) is 0.911. The van der Waals surface area contributed by atoms with Crippen LogP contribution in [0.1, 0.15) is 46.6 Å². The van der Waals surface area contributed by atoms with Crippen LogP contribution in [0.5, 0.6) is 0 Å². The topological polar surface area (TPSA) is 84.5 Å². The summed E-state index contributed by atoms with van der Waals surface area (Å²) in [4.78, 5) is 37.2. The van der Waals surface area contributed by atoms with E-state index < -0.39 is 12.0 Å². The summed E-state index contributed by atoms with van der Waals surface area (Å²) in [5, 5.41) is 7.65. The predicted molar refractivity (Wildman–Crippen MR) is 118 cm³/mol. The van der Waals surface area contributed by atoms with Crippen molar-refractivity contribution in [1.82, 2.24) is 10.6 Å². The molecular formula is C24H32N2O4. The molecule has 0 aliphatic rings. The van der Waals surface area contributed by atoms with E-state index in [2.05, 4.69) is 10.6 Å². The van der Waals surface area contributed by atoms with Crippen LogP contribution in [0.25, 0.3) is 10.8 Å². The Kier molecular flexibility index (Phi) is 7.98. The first-order valence-corrected chi connectivity index (χ1v) is 10.4.